The van der Waals surface area contributed by atoms with Crippen molar-refractivity contribution in [2.75, 3.05) is 13.7 Å². The van der Waals surface area contributed by atoms with Crippen LogP contribution in [0.3, 0.4) is 0 Å². The largest absolute Gasteiger partial charge is 0.465 e. The fourth-order valence-electron chi connectivity index (χ4n) is 2.42. The molecule has 19 heavy (non-hydrogen) atoms. The van der Waals surface area contributed by atoms with Crippen LogP contribution in [0.2, 0.25) is 0 Å². The van der Waals surface area contributed by atoms with Gasteiger partial charge in [0.25, 0.3) is 0 Å². The Morgan fingerprint density at radius 1 is 1.26 bits per heavy atom. The third-order valence-corrected chi connectivity index (χ3v) is 3.66. The first-order valence-electron chi connectivity index (χ1n) is 7.29. The Kier molecular flexibility index (Phi) is 7.60. The topological polar surface area (TPSA) is 55.6 Å². The molecule has 114 valence electrons. The molecular formula is C15H32N2O2. The van der Waals surface area contributed by atoms with E-state index in [2.05, 4.69) is 39.6 Å². The fraction of sp³-hybridized carbons (Fsp3) is 0.933. The quantitative estimate of drug-likeness (QED) is 0.689. The molecule has 3 atom stereocenters. The van der Waals surface area contributed by atoms with Gasteiger partial charge in [0.15, 0.2) is 0 Å². The SMILES string of the molecule is CCOC(=O)C(C)(N)CC(C)N(C)C(C)CC(C)C. The van der Waals surface area contributed by atoms with Crippen LogP contribution in [0.4, 0.5) is 0 Å². The maximum Gasteiger partial charge on any atom is 0.325 e. The molecule has 0 rings (SSSR count). The molecule has 3 unspecified atom stereocenters. The summed E-state index contributed by atoms with van der Waals surface area (Å²) in [6, 6.07) is 0.723. The van der Waals surface area contributed by atoms with E-state index in [1.807, 2.05) is 0 Å². The summed E-state index contributed by atoms with van der Waals surface area (Å²) in [7, 11) is 2.10. The zero-order valence-electron chi connectivity index (χ0n) is 13.7. The molecular weight excluding hydrogens is 240 g/mol. The van der Waals surface area contributed by atoms with Crippen LogP contribution in [0.1, 0.15) is 54.4 Å². The van der Waals surface area contributed by atoms with Crippen LogP contribution in [-0.4, -0.2) is 42.1 Å². The normalized spacial score (nSPS) is 18.2. The number of esters is 1. The Balaban J connectivity index is 4.49. The molecule has 0 saturated heterocycles. The van der Waals surface area contributed by atoms with Gasteiger partial charge in [0.2, 0.25) is 0 Å². The van der Waals surface area contributed by atoms with Crippen LogP contribution in [-0.2, 0) is 9.53 Å². The van der Waals surface area contributed by atoms with E-state index in [0.717, 1.165) is 6.42 Å². The first kappa shape index (κ1) is 18.4. The molecule has 0 amide bonds. The lowest BCUT2D eigenvalue weighted by atomic mass is 9.93. The molecule has 2 N–H and O–H groups in total. The highest BCUT2D eigenvalue weighted by Gasteiger charge is 2.33. The second kappa shape index (κ2) is 7.85. The van der Waals surface area contributed by atoms with E-state index >= 15 is 0 Å². The van der Waals surface area contributed by atoms with Crippen LogP contribution < -0.4 is 5.73 Å². The van der Waals surface area contributed by atoms with E-state index in [0.29, 0.717) is 25.0 Å². The van der Waals surface area contributed by atoms with E-state index < -0.39 is 5.54 Å². The van der Waals surface area contributed by atoms with Crippen LogP contribution in [0.25, 0.3) is 0 Å². The minimum atomic E-state index is -0.915. The summed E-state index contributed by atoms with van der Waals surface area (Å²) in [5.41, 5.74) is 5.17. The number of nitrogens with two attached hydrogens (primary N) is 1. The van der Waals surface area contributed by atoms with Gasteiger partial charge in [-0.2, -0.15) is 0 Å². The molecule has 0 aliphatic rings. The van der Waals surface area contributed by atoms with E-state index in [1.54, 1.807) is 13.8 Å². The molecule has 0 bridgehead atoms. The molecule has 4 nitrogen and oxygen atoms in total. The highest BCUT2D eigenvalue weighted by atomic mass is 16.5. The van der Waals surface area contributed by atoms with Crippen molar-refractivity contribution < 1.29 is 9.53 Å². The molecule has 4 heteroatoms. The molecule has 0 fully saturated rings. The summed E-state index contributed by atoms with van der Waals surface area (Å²) in [4.78, 5) is 14.1. The van der Waals surface area contributed by atoms with Crippen molar-refractivity contribution in [2.24, 2.45) is 11.7 Å². The van der Waals surface area contributed by atoms with Crippen molar-refractivity contribution in [3.8, 4) is 0 Å². The molecule has 0 radical (unpaired) electrons. The maximum absolute atomic E-state index is 11.8. The predicted octanol–water partition coefficient (Wildman–Crippen LogP) is 2.41. The maximum atomic E-state index is 11.8. The van der Waals surface area contributed by atoms with Gasteiger partial charge >= 0.3 is 5.97 Å². The van der Waals surface area contributed by atoms with Crippen LogP contribution in [0, 0.1) is 5.92 Å². The molecule has 0 aliphatic carbocycles. The minimum Gasteiger partial charge on any atom is -0.465 e. The van der Waals surface area contributed by atoms with E-state index in [1.165, 1.54) is 0 Å². The van der Waals surface area contributed by atoms with Crippen LogP contribution in [0.5, 0.6) is 0 Å². The lowest BCUT2D eigenvalue weighted by molar-refractivity contribution is -0.149. The Hall–Kier alpha value is -0.610. The van der Waals surface area contributed by atoms with Gasteiger partial charge in [0.05, 0.1) is 6.61 Å². The van der Waals surface area contributed by atoms with E-state index in [-0.39, 0.29) is 12.0 Å². The third kappa shape index (κ3) is 6.39. The summed E-state index contributed by atoms with van der Waals surface area (Å²) >= 11 is 0. The summed E-state index contributed by atoms with van der Waals surface area (Å²) in [6.45, 7) is 12.7. The van der Waals surface area contributed by atoms with Gasteiger partial charge in [0, 0.05) is 12.1 Å². The van der Waals surface area contributed by atoms with E-state index in [4.69, 9.17) is 10.5 Å². The van der Waals surface area contributed by atoms with Crippen LogP contribution >= 0.6 is 0 Å². The molecule has 0 spiro atoms. The zero-order chi connectivity index (χ0) is 15.2. The van der Waals surface area contributed by atoms with Crippen molar-refractivity contribution >= 4 is 5.97 Å². The number of hydrogen-bond donors (Lipinski definition) is 1. The monoisotopic (exact) mass is 272 g/mol. The molecule has 0 heterocycles. The zero-order valence-corrected chi connectivity index (χ0v) is 13.7. The summed E-state index contributed by atoms with van der Waals surface area (Å²) in [5.74, 6) is 0.353. The molecule has 0 aromatic carbocycles. The van der Waals surface area contributed by atoms with Gasteiger partial charge in [-0.1, -0.05) is 13.8 Å². The average Bonchev–Trinajstić information content (AvgIpc) is 2.26. The molecule has 0 aromatic heterocycles. The second-order valence-electron chi connectivity index (χ2n) is 6.34. The standard InChI is InChI=1S/C15H32N2O2/c1-8-19-14(18)15(6,16)10-13(5)17(7)12(4)9-11(2)3/h11-13H,8-10,16H2,1-7H3. The lowest BCUT2D eigenvalue weighted by Crippen LogP contribution is -2.51. The van der Waals surface area contributed by atoms with Crippen molar-refractivity contribution in [3.63, 3.8) is 0 Å². The molecule has 0 aromatic rings. The fourth-order valence-corrected chi connectivity index (χ4v) is 2.42. The van der Waals surface area contributed by atoms with Crippen LogP contribution in [0.15, 0.2) is 0 Å². The van der Waals surface area contributed by atoms with E-state index in [9.17, 15) is 4.79 Å². The highest BCUT2D eigenvalue weighted by Crippen LogP contribution is 2.19. The summed E-state index contributed by atoms with van der Waals surface area (Å²) < 4.78 is 5.03. The average molecular weight is 272 g/mol. The Morgan fingerprint density at radius 3 is 2.21 bits per heavy atom. The third-order valence-electron chi connectivity index (χ3n) is 3.66. The number of rotatable bonds is 8. The Labute approximate surface area is 118 Å². The first-order chi connectivity index (χ1) is 8.61. The molecule has 0 aliphatic heterocycles. The van der Waals surface area contributed by atoms with Crippen molar-refractivity contribution in [3.05, 3.63) is 0 Å². The van der Waals surface area contributed by atoms with Gasteiger partial charge < -0.3 is 15.4 Å². The van der Waals surface area contributed by atoms with Gasteiger partial charge in [-0.15, -0.1) is 0 Å². The summed E-state index contributed by atoms with van der Waals surface area (Å²) in [5, 5.41) is 0. The highest BCUT2D eigenvalue weighted by molar-refractivity contribution is 5.80. The van der Waals surface area contributed by atoms with Crippen molar-refractivity contribution in [2.45, 2.75) is 72.0 Å². The van der Waals surface area contributed by atoms with Gasteiger partial charge in [-0.3, -0.25) is 4.79 Å². The predicted molar refractivity (Wildman–Crippen MR) is 80.0 cm³/mol. The summed E-state index contributed by atoms with van der Waals surface area (Å²) in [6.07, 6.45) is 1.74. The van der Waals surface area contributed by atoms with Crippen molar-refractivity contribution in [1.82, 2.24) is 4.90 Å². The second-order valence-corrected chi connectivity index (χ2v) is 6.34. The Bertz CT molecular complexity index is 277. The number of nitrogens with zero attached hydrogens (tertiary/aromatic N) is 1. The number of carbonyl (C=O) groups is 1. The lowest BCUT2D eigenvalue weighted by Gasteiger charge is -2.35. The molecule has 0 saturated carbocycles. The van der Waals surface area contributed by atoms with Crippen molar-refractivity contribution in [1.29, 1.82) is 0 Å². The van der Waals surface area contributed by atoms with Gasteiger partial charge in [-0.05, 0) is 53.5 Å². The number of ether oxygens (including phenoxy) is 1. The minimum absolute atomic E-state index is 0.244. The Morgan fingerprint density at radius 2 is 1.79 bits per heavy atom. The number of hydrogen-bond acceptors (Lipinski definition) is 4. The number of carbonyl (C=O) groups excluding carboxylic acids is 1. The van der Waals surface area contributed by atoms with Gasteiger partial charge in [0.1, 0.15) is 5.54 Å². The smallest absolute Gasteiger partial charge is 0.325 e. The van der Waals surface area contributed by atoms with Gasteiger partial charge in [-0.25, -0.2) is 0 Å². The first-order valence-corrected chi connectivity index (χ1v) is 7.29.